The van der Waals surface area contributed by atoms with E-state index in [2.05, 4.69) is 41.2 Å². The first-order chi connectivity index (χ1) is 18.9. The van der Waals surface area contributed by atoms with Gasteiger partial charge in [-0.05, 0) is 59.5 Å². The average Bonchev–Trinajstić information content (AvgIpc) is 3.44. The Hall–Kier alpha value is -4.13. The van der Waals surface area contributed by atoms with Crippen LogP contribution in [0.3, 0.4) is 0 Å². The summed E-state index contributed by atoms with van der Waals surface area (Å²) in [7, 11) is 1.33. The van der Waals surface area contributed by atoms with E-state index in [1.807, 2.05) is 42.6 Å². The number of pyridine rings is 1. The van der Waals surface area contributed by atoms with Crippen LogP contribution in [0.15, 0.2) is 91.3 Å². The van der Waals surface area contributed by atoms with Crippen LogP contribution >= 0.6 is 23.2 Å². The standard InChI is InChI=1S/C31H25Cl2N3O3/c1-3-25(30-35-18-28(36-30)26-14-11-23(32)16-27(26)33)21-6-4-19(5-7-21)20-8-12-24(13-9-20)39-29-15-10-22(17-34-29)31(37)38-2/h4-18,25H,3H2,1-2H3,(H,35,36). The van der Waals surface area contributed by atoms with E-state index in [1.165, 1.54) is 18.9 Å². The zero-order chi connectivity index (χ0) is 27.4. The van der Waals surface area contributed by atoms with Crippen LogP contribution in [0.2, 0.25) is 10.0 Å². The minimum atomic E-state index is -0.438. The second-order valence-corrected chi connectivity index (χ2v) is 9.72. The van der Waals surface area contributed by atoms with E-state index in [4.69, 9.17) is 37.7 Å². The number of imidazole rings is 1. The van der Waals surface area contributed by atoms with E-state index < -0.39 is 5.97 Å². The zero-order valence-corrected chi connectivity index (χ0v) is 22.8. The number of aromatic amines is 1. The molecule has 0 saturated heterocycles. The Bertz CT molecular complexity index is 1580. The molecule has 1 N–H and O–H groups in total. The number of rotatable bonds is 8. The van der Waals surface area contributed by atoms with Crippen LogP contribution in [-0.4, -0.2) is 28.0 Å². The van der Waals surface area contributed by atoms with Crippen molar-refractivity contribution in [3.05, 3.63) is 118 Å². The molecule has 2 aromatic heterocycles. The molecule has 2 heterocycles. The normalized spacial score (nSPS) is 11.7. The van der Waals surface area contributed by atoms with E-state index in [-0.39, 0.29) is 5.92 Å². The topological polar surface area (TPSA) is 77.1 Å². The fourth-order valence-electron chi connectivity index (χ4n) is 4.36. The first-order valence-electron chi connectivity index (χ1n) is 12.4. The molecule has 196 valence electrons. The monoisotopic (exact) mass is 557 g/mol. The molecule has 5 rings (SSSR count). The fourth-order valence-corrected chi connectivity index (χ4v) is 4.87. The van der Waals surface area contributed by atoms with E-state index in [0.29, 0.717) is 27.2 Å². The summed E-state index contributed by atoms with van der Waals surface area (Å²) in [6.45, 7) is 2.15. The Morgan fingerprint density at radius 1 is 0.949 bits per heavy atom. The number of nitrogens with zero attached hydrogens (tertiary/aromatic N) is 2. The minimum absolute atomic E-state index is 0.118. The molecule has 0 aliphatic rings. The maximum atomic E-state index is 11.6. The number of methoxy groups -OCH3 is 1. The Morgan fingerprint density at radius 3 is 2.28 bits per heavy atom. The summed E-state index contributed by atoms with van der Waals surface area (Å²) in [6.07, 6.45) is 4.20. The number of H-pyrrole nitrogens is 1. The lowest BCUT2D eigenvalue weighted by atomic mass is 9.93. The second-order valence-electron chi connectivity index (χ2n) is 8.88. The molecule has 0 radical (unpaired) electrons. The Balaban J connectivity index is 1.28. The van der Waals surface area contributed by atoms with E-state index in [9.17, 15) is 4.79 Å². The highest BCUT2D eigenvalue weighted by atomic mass is 35.5. The molecule has 0 aliphatic carbocycles. The molecular formula is C31H25Cl2N3O3. The van der Waals surface area contributed by atoms with Crippen molar-refractivity contribution in [2.24, 2.45) is 0 Å². The third-order valence-corrected chi connectivity index (χ3v) is 6.97. The second kappa shape index (κ2) is 11.7. The molecule has 5 aromatic rings. The van der Waals surface area contributed by atoms with Gasteiger partial charge in [0.05, 0.1) is 23.4 Å². The maximum Gasteiger partial charge on any atom is 0.339 e. The zero-order valence-electron chi connectivity index (χ0n) is 21.3. The van der Waals surface area contributed by atoms with E-state index >= 15 is 0 Å². The number of hydrogen-bond donors (Lipinski definition) is 1. The minimum Gasteiger partial charge on any atom is -0.465 e. The molecule has 8 heteroatoms. The Kier molecular flexibility index (Phi) is 7.96. The fraction of sp³-hybridized carbons (Fsp3) is 0.129. The number of carbonyl (C=O) groups excluding carboxylic acids is 1. The summed E-state index contributed by atoms with van der Waals surface area (Å²) in [5, 5.41) is 1.17. The predicted molar refractivity (Wildman–Crippen MR) is 154 cm³/mol. The van der Waals surface area contributed by atoms with Crippen molar-refractivity contribution in [2.75, 3.05) is 7.11 Å². The molecule has 0 fully saturated rings. The third kappa shape index (κ3) is 5.98. The molecule has 39 heavy (non-hydrogen) atoms. The molecule has 0 aliphatic heterocycles. The molecule has 0 bridgehead atoms. The van der Waals surface area contributed by atoms with E-state index in [1.54, 1.807) is 18.2 Å². The molecule has 0 amide bonds. The van der Waals surface area contributed by atoms with Gasteiger partial charge in [-0.1, -0.05) is 66.5 Å². The van der Waals surface area contributed by atoms with Gasteiger partial charge in [-0.25, -0.2) is 14.8 Å². The highest BCUT2D eigenvalue weighted by Gasteiger charge is 2.18. The SMILES string of the molecule is CCC(c1ccc(-c2ccc(Oc3ccc(C(=O)OC)cn3)cc2)cc1)c1nc(-c2ccc(Cl)cc2Cl)c[nH]1. The van der Waals surface area contributed by atoms with Gasteiger partial charge in [-0.3, -0.25) is 0 Å². The van der Waals surface area contributed by atoms with Crippen LogP contribution in [0, 0.1) is 0 Å². The lowest BCUT2D eigenvalue weighted by molar-refractivity contribution is 0.0600. The number of ether oxygens (including phenoxy) is 2. The summed E-state index contributed by atoms with van der Waals surface area (Å²) in [5.41, 5.74) is 5.33. The van der Waals surface area contributed by atoms with Crippen LogP contribution in [-0.2, 0) is 4.74 Å². The largest absolute Gasteiger partial charge is 0.465 e. The van der Waals surface area contributed by atoms with Crippen molar-refractivity contribution in [2.45, 2.75) is 19.3 Å². The highest BCUT2D eigenvalue weighted by molar-refractivity contribution is 6.36. The van der Waals surface area contributed by atoms with Crippen molar-refractivity contribution in [1.82, 2.24) is 15.0 Å². The molecule has 0 spiro atoms. The molecule has 1 atom stereocenters. The summed E-state index contributed by atoms with van der Waals surface area (Å²) in [6, 6.07) is 24.9. The maximum absolute atomic E-state index is 11.6. The van der Waals surface area contributed by atoms with Gasteiger partial charge in [0, 0.05) is 35.0 Å². The first kappa shape index (κ1) is 26.5. The first-order valence-corrected chi connectivity index (χ1v) is 13.1. The van der Waals surface area contributed by atoms with Crippen LogP contribution in [0.25, 0.3) is 22.4 Å². The van der Waals surface area contributed by atoms with Crippen molar-refractivity contribution < 1.29 is 14.3 Å². The number of aromatic nitrogens is 3. The number of nitrogens with one attached hydrogen (secondary N) is 1. The molecular weight excluding hydrogens is 533 g/mol. The summed E-state index contributed by atoms with van der Waals surface area (Å²) in [5.74, 6) is 1.61. The number of carbonyl (C=O) groups is 1. The number of halogens is 2. The smallest absolute Gasteiger partial charge is 0.339 e. The van der Waals surface area contributed by atoms with Crippen molar-refractivity contribution in [1.29, 1.82) is 0 Å². The van der Waals surface area contributed by atoms with E-state index in [0.717, 1.165) is 34.6 Å². The Labute approximate surface area is 236 Å². The van der Waals surface area contributed by atoms with Crippen LogP contribution in [0.1, 0.15) is 41.0 Å². The third-order valence-electron chi connectivity index (χ3n) is 6.42. The van der Waals surface area contributed by atoms with Gasteiger partial charge in [0.1, 0.15) is 11.6 Å². The van der Waals surface area contributed by atoms with Gasteiger partial charge in [0.25, 0.3) is 0 Å². The van der Waals surface area contributed by atoms with Gasteiger partial charge < -0.3 is 14.5 Å². The molecule has 0 saturated carbocycles. The van der Waals surface area contributed by atoms with Crippen LogP contribution in [0.5, 0.6) is 11.6 Å². The van der Waals surface area contributed by atoms with Crippen LogP contribution in [0.4, 0.5) is 0 Å². The summed E-state index contributed by atoms with van der Waals surface area (Å²) in [4.78, 5) is 23.9. The van der Waals surface area contributed by atoms with Gasteiger partial charge in [0.15, 0.2) is 0 Å². The van der Waals surface area contributed by atoms with Crippen molar-refractivity contribution in [3.63, 3.8) is 0 Å². The molecule has 1 unspecified atom stereocenters. The van der Waals surface area contributed by atoms with Gasteiger partial charge >= 0.3 is 5.97 Å². The quantitative estimate of drug-likeness (QED) is 0.193. The van der Waals surface area contributed by atoms with Gasteiger partial charge in [0.2, 0.25) is 5.88 Å². The lowest BCUT2D eigenvalue weighted by Gasteiger charge is -2.14. The number of esters is 1. The highest BCUT2D eigenvalue weighted by Crippen LogP contribution is 2.33. The Morgan fingerprint density at radius 2 is 1.67 bits per heavy atom. The number of hydrogen-bond acceptors (Lipinski definition) is 5. The summed E-state index contributed by atoms with van der Waals surface area (Å²) < 4.78 is 10.5. The van der Waals surface area contributed by atoms with Crippen molar-refractivity contribution in [3.8, 4) is 34.0 Å². The molecule has 3 aromatic carbocycles. The lowest BCUT2D eigenvalue weighted by Crippen LogP contribution is -2.02. The summed E-state index contributed by atoms with van der Waals surface area (Å²) >= 11 is 12.4. The predicted octanol–water partition coefficient (Wildman–Crippen LogP) is 8.57. The van der Waals surface area contributed by atoms with Gasteiger partial charge in [-0.15, -0.1) is 0 Å². The average molecular weight is 558 g/mol. The van der Waals surface area contributed by atoms with Crippen molar-refractivity contribution >= 4 is 29.2 Å². The van der Waals surface area contributed by atoms with Gasteiger partial charge in [-0.2, -0.15) is 0 Å². The molecule has 6 nitrogen and oxygen atoms in total. The number of benzene rings is 3. The van der Waals surface area contributed by atoms with Crippen LogP contribution < -0.4 is 4.74 Å².